The molecule has 2 N–H and O–H groups in total. The van der Waals surface area contributed by atoms with E-state index in [0.717, 1.165) is 19.6 Å². The zero-order valence-corrected chi connectivity index (χ0v) is 15.8. The van der Waals surface area contributed by atoms with E-state index in [-0.39, 0.29) is 31.4 Å². The summed E-state index contributed by atoms with van der Waals surface area (Å²) in [6.07, 6.45) is -0.993. The molecule has 3 aliphatic rings. The van der Waals surface area contributed by atoms with Crippen molar-refractivity contribution in [3.63, 3.8) is 0 Å². The van der Waals surface area contributed by atoms with Crippen molar-refractivity contribution in [2.24, 2.45) is 5.92 Å². The van der Waals surface area contributed by atoms with Gasteiger partial charge in [-0.2, -0.15) is 0 Å². The third-order valence-corrected chi connectivity index (χ3v) is 5.77. The standard InChI is InChI=1S/C19H25FN4O4/c1-12(26)21-7-15-10-24(19(27)28-15)14-2-3-17(16(20)6-14)23-9-13-8-22(4-5-25)18(13)11-23/h2-3,6,13,15,18,25H,4-5,7-11H2,1H3,(H,21,26)/t13-,15+,18+/m1/s1. The van der Waals surface area contributed by atoms with Crippen LogP contribution in [0.1, 0.15) is 6.92 Å². The van der Waals surface area contributed by atoms with Gasteiger partial charge in [0.25, 0.3) is 0 Å². The molecule has 3 atom stereocenters. The van der Waals surface area contributed by atoms with Gasteiger partial charge in [-0.1, -0.05) is 0 Å². The molecule has 3 fully saturated rings. The Morgan fingerprint density at radius 2 is 2.14 bits per heavy atom. The Morgan fingerprint density at radius 1 is 1.32 bits per heavy atom. The molecule has 0 aliphatic carbocycles. The van der Waals surface area contributed by atoms with Crippen molar-refractivity contribution in [3.05, 3.63) is 24.0 Å². The molecule has 3 heterocycles. The quantitative estimate of drug-likeness (QED) is 0.729. The van der Waals surface area contributed by atoms with Crippen LogP contribution in [0.2, 0.25) is 0 Å². The van der Waals surface area contributed by atoms with Crippen LogP contribution in [0.25, 0.3) is 0 Å². The van der Waals surface area contributed by atoms with Gasteiger partial charge in [0.1, 0.15) is 11.9 Å². The first-order valence-corrected chi connectivity index (χ1v) is 9.58. The van der Waals surface area contributed by atoms with E-state index in [4.69, 9.17) is 9.84 Å². The molecule has 0 aromatic heterocycles. The number of amides is 2. The van der Waals surface area contributed by atoms with Crippen LogP contribution in [0.15, 0.2) is 18.2 Å². The Kier molecular flexibility index (Phi) is 5.11. The summed E-state index contributed by atoms with van der Waals surface area (Å²) in [4.78, 5) is 28.8. The number of aliphatic hydroxyl groups excluding tert-OH is 1. The molecule has 0 bridgehead atoms. The molecule has 3 aliphatic heterocycles. The number of ether oxygens (including phenoxy) is 1. The van der Waals surface area contributed by atoms with Crippen molar-refractivity contribution in [2.45, 2.75) is 19.1 Å². The fourth-order valence-electron chi connectivity index (χ4n) is 4.34. The number of carbonyl (C=O) groups is 2. The Hall–Kier alpha value is -2.39. The molecule has 8 nitrogen and oxygen atoms in total. The molecule has 4 rings (SSSR count). The smallest absolute Gasteiger partial charge is 0.414 e. The highest BCUT2D eigenvalue weighted by Crippen LogP contribution is 2.36. The summed E-state index contributed by atoms with van der Waals surface area (Å²) in [5.74, 6) is -0.0543. The summed E-state index contributed by atoms with van der Waals surface area (Å²) >= 11 is 0. The van der Waals surface area contributed by atoms with Crippen molar-refractivity contribution in [1.29, 1.82) is 0 Å². The van der Waals surface area contributed by atoms with Gasteiger partial charge < -0.3 is 20.1 Å². The van der Waals surface area contributed by atoms with Crippen molar-refractivity contribution >= 4 is 23.4 Å². The highest BCUT2D eigenvalue weighted by atomic mass is 19.1. The minimum absolute atomic E-state index is 0.140. The second-order valence-corrected chi connectivity index (χ2v) is 7.64. The Morgan fingerprint density at radius 3 is 2.86 bits per heavy atom. The van der Waals surface area contributed by atoms with Gasteiger partial charge in [0.2, 0.25) is 5.91 Å². The average Bonchev–Trinajstić information content (AvgIpc) is 3.18. The number of nitrogens with zero attached hydrogens (tertiary/aromatic N) is 3. The van der Waals surface area contributed by atoms with Crippen LogP contribution in [0.3, 0.4) is 0 Å². The second-order valence-electron chi connectivity index (χ2n) is 7.64. The number of rotatable bonds is 6. The molecule has 0 spiro atoms. The van der Waals surface area contributed by atoms with Crippen molar-refractivity contribution < 1.29 is 23.8 Å². The Bertz CT molecular complexity index is 776. The lowest BCUT2D eigenvalue weighted by molar-refractivity contribution is -0.119. The van der Waals surface area contributed by atoms with Gasteiger partial charge in [0.15, 0.2) is 0 Å². The van der Waals surface area contributed by atoms with Crippen LogP contribution in [0.5, 0.6) is 0 Å². The predicted molar refractivity (Wildman–Crippen MR) is 101 cm³/mol. The summed E-state index contributed by atoms with van der Waals surface area (Å²) in [5.41, 5.74) is 0.977. The van der Waals surface area contributed by atoms with E-state index < -0.39 is 12.2 Å². The lowest BCUT2D eigenvalue weighted by Crippen LogP contribution is -2.56. The van der Waals surface area contributed by atoms with Crippen LogP contribution in [-0.2, 0) is 9.53 Å². The average molecular weight is 392 g/mol. The Labute approximate surface area is 162 Å². The van der Waals surface area contributed by atoms with E-state index in [2.05, 4.69) is 10.2 Å². The molecule has 1 aromatic carbocycles. The van der Waals surface area contributed by atoms with Crippen LogP contribution < -0.4 is 15.1 Å². The van der Waals surface area contributed by atoms with Crippen molar-refractivity contribution in [2.75, 3.05) is 55.7 Å². The maximum atomic E-state index is 14.8. The van der Waals surface area contributed by atoms with Gasteiger partial charge in [-0.15, -0.1) is 0 Å². The summed E-state index contributed by atoms with van der Waals surface area (Å²) in [5, 5.41) is 11.7. The molecule has 0 unspecified atom stereocenters. The van der Waals surface area contributed by atoms with Crippen molar-refractivity contribution in [1.82, 2.24) is 10.2 Å². The molecule has 0 radical (unpaired) electrons. The highest BCUT2D eigenvalue weighted by Gasteiger charge is 2.45. The van der Waals surface area contributed by atoms with E-state index in [1.54, 1.807) is 12.1 Å². The minimum Gasteiger partial charge on any atom is -0.442 e. The first-order valence-electron chi connectivity index (χ1n) is 9.58. The van der Waals surface area contributed by atoms with Gasteiger partial charge >= 0.3 is 6.09 Å². The number of hydrogen-bond acceptors (Lipinski definition) is 6. The topological polar surface area (TPSA) is 85.4 Å². The second kappa shape index (κ2) is 7.56. The zero-order valence-electron chi connectivity index (χ0n) is 15.8. The number of nitrogens with one attached hydrogen (secondary N) is 1. The predicted octanol–water partition coefficient (Wildman–Crippen LogP) is 0.400. The number of likely N-dealkylation sites (tertiary alicyclic amines) is 1. The summed E-state index contributed by atoms with van der Waals surface area (Å²) < 4.78 is 20.1. The number of carbonyl (C=O) groups excluding carboxylic acids is 2. The van der Waals surface area contributed by atoms with Gasteiger partial charge in [0.05, 0.1) is 31.1 Å². The van der Waals surface area contributed by atoms with E-state index >= 15 is 0 Å². The largest absolute Gasteiger partial charge is 0.442 e. The SMILES string of the molecule is CC(=O)NC[C@H]1CN(c2ccc(N3C[C@H]4CN(CCO)[C@H]4C3)c(F)c2)C(=O)O1. The number of benzene rings is 1. The Balaban J connectivity index is 1.41. The fourth-order valence-corrected chi connectivity index (χ4v) is 4.34. The van der Waals surface area contributed by atoms with Gasteiger partial charge in [0, 0.05) is 45.1 Å². The number of β-amino-alcohol motifs (C(OH)–C–C–N with tert-alkyl or cyclic N) is 1. The number of aliphatic hydroxyl groups is 1. The first-order chi connectivity index (χ1) is 13.5. The van der Waals surface area contributed by atoms with Crippen LogP contribution in [-0.4, -0.2) is 80.0 Å². The third-order valence-electron chi connectivity index (χ3n) is 5.77. The van der Waals surface area contributed by atoms with Crippen LogP contribution in [0, 0.1) is 11.7 Å². The van der Waals surface area contributed by atoms with Crippen molar-refractivity contribution in [3.8, 4) is 0 Å². The molecule has 3 saturated heterocycles. The minimum atomic E-state index is -0.540. The summed E-state index contributed by atoms with van der Waals surface area (Å²) in [6, 6.07) is 5.17. The molecule has 2 amide bonds. The monoisotopic (exact) mass is 392 g/mol. The number of halogens is 1. The van der Waals surface area contributed by atoms with Gasteiger partial charge in [-0.25, -0.2) is 9.18 Å². The molecular weight excluding hydrogens is 367 g/mol. The highest BCUT2D eigenvalue weighted by molar-refractivity contribution is 5.90. The number of hydrogen-bond donors (Lipinski definition) is 2. The van der Waals surface area contributed by atoms with Crippen LogP contribution in [0.4, 0.5) is 20.6 Å². The molecule has 9 heteroatoms. The molecule has 28 heavy (non-hydrogen) atoms. The molecule has 152 valence electrons. The summed E-state index contributed by atoms with van der Waals surface area (Å²) in [6.45, 7) is 5.18. The lowest BCUT2D eigenvalue weighted by Gasteiger charge is -2.43. The molecular formula is C19H25FN4O4. The lowest BCUT2D eigenvalue weighted by atomic mass is 9.92. The normalized spacial score (nSPS) is 26.8. The van der Waals surface area contributed by atoms with E-state index in [1.807, 2.05) is 4.90 Å². The van der Waals surface area contributed by atoms with E-state index in [1.165, 1.54) is 17.9 Å². The van der Waals surface area contributed by atoms with Gasteiger partial charge in [-0.3, -0.25) is 14.6 Å². The zero-order chi connectivity index (χ0) is 19.8. The maximum absolute atomic E-state index is 14.8. The number of cyclic esters (lactones) is 1. The number of fused-ring (bicyclic) bond motifs is 1. The molecule has 1 aromatic rings. The summed E-state index contributed by atoms with van der Waals surface area (Å²) in [7, 11) is 0. The van der Waals surface area contributed by atoms with Gasteiger partial charge in [-0.05, 0) is 18.2 Å². The van der Waals surface area contributed by atoms with E-state index in [0.29, 0.717) is 29.9 Å². The molecule has 0 saturated carbocycles. The van der Waals surface area contributed by atoms with E-state index in [9.17, 15) is 14.0 Å². The fraction of sp³-hybridized carbons (Fsp3) is 0.579. The third kappa shape index (κ3) is 3.51. The maximum Gasteiger partial charge on any atom is 0.414 e. The number of anilines is 2. The first kappa shape index (κ1) is 18.9. The van der Waals surface area contributed by atoms with Crippen LogP contribution >= 0.6 is 0 Å².